The van der Waals surface area contributed by atoms with Crippen molar-refractivity contribution in [3.8, 4) is 0 Å². The SMILES string of the molecule is COC(C)(C)c1ccccc1CON. The molecule has 0 bridgehead atoms. The molecule has 0 heterocycles. The summed E-state index contributed by atoms with van der Waals surface area (Å²) in [6.45, 7) is 4.44. The third kappa shape index (κ3) is 2.32. The monoisotopic (exact) mass is 195 g/mol. The second kappa shape index (κ2) is 4.55. The molecule has 0 spiro atoms. The minimum Gasteiger partial charge on any atom is -0.374 e. The maximum Gasteiger partial charge on any atom is 0.0933 e. The summed E-state index contributed by atoms with van der Waals surface area (Å²) in [6, 6.07) is 7.96. The van der Waals surface area contributed by atoms with Gasteiger partial charge in [-0.15, -0.1) is 0 Å². The largest absolute Gasteiger partial charge is 0.374 e. The van der Waals surface area contributed by atoms with E-state index in [0.29, 0.717) is 6.61 Å². The van der Waals surface area contributed by atoms with Crippen LogP contribution in [0.4, 0.5) is 0 Å². The van der Waals surface area contributed by atoms with Crippen molar-refractivity contribution in [3.63, 3.8) is 0 Å². The predicted molar refractivity (Wildman–Crippen MR) is 55.5 cm³/mol. The van der Waals surface area contributed by atoms with Crippen LogP contribution in [0.2, 0.25) is 0 Å². The molecule has 0 saturated carbocycles. The van der Waals surface area contributed by atoms with Crippen LogP contribution in [0.5, 0.6) is 0 Å². The van der Waals surface area contributed by atoms with E-state index in [0.717, 1.165) is 11.1 Å². The molecular weight excluding hydrogens is 178 g/mol. The van der Waals surface area contributed by atoms with Gasteiger partial charge in [0.2, 0.25) is 0 Å². The number of ether oxygens (including phenoxy) is 1. The summed E-state index contributed by atoms with van der Waals surface area (Å²) >= 11 is 0. The van der Waals surface area contributed by atoms with Crippen molar-refractivity contribution in [2.24, 2.45) is 5.90 Å². The van der Waals surface area contributed by atoms with E-state index < -0.39 is 0 Å². The molecule has 0 aliphatic heterocycles. The van der Waals surface area contributed by atoms with Gasteiger partial charge in [-0.3, -0.25) is 4.84 Å². The topological polar surface area (TPSA) is 44.5 Å². The van der Waals surface area contributed by atoms with E-state index in [1.165, 1.54) is 0 Å². The Kier molecular flexibility index (Phi) is 3.63. The normalized spacial score (nSPS) is 11.7. The molecule has 0 atom stereocenters. The zero-order valence-corrected chi connectivity index (χ0v) is 8.91. The summed E-state index contributed by atoms with van der Waals surface area (Å²) < 4.78 is 5.41. The van der Waals surface area contributed by atoms with E-state index in [9.17, 15) is 0 Å². The molecule has 2 N–H and O–H groups in total. The Bertz CT molecular complexity index is 297. The van der Waals surface area contributed by atoms with Crippen LogP contribution in [0.3, 0.4) is 0 Å². The van der Waals surface area contributed by atoms with Gasteiger partial charge in [-0.25, -0.2) is 5.90 Å². The van der Waals surface area contributed by atoms with Gasteiger partial charge in [0.25, 0.3) is 0 Å². The van der Waals surface area contributed by atoms with Crippen molar-refractivity contribution in [3.05, 3.63) is 35.4 Å². The maximum absolute atomic E-state index is 5.41. The number of benzene rings is 1. The van der Waals surface area contributed by atoms with E-state index in [1.54, 1.807) is 7.11 Å². The van der Waals surface area contributed by atoms with Gasteiger partial charge in [-0.2, -0.15) is 0 Å². The number of methoxy groups -OCH3 is 1. The Hall–Kier alpha value is -0.900. The highest BCUT2D eigenvalue weighted by Gasteiger charge is 2.22. The molecule has 0 aliphatic rings. The highest BCUT2D eigenvalue weighted by Crippen LogP contribution is 2.27. The van der Waals surface area contributed by atoms with Gasteiger partial charge in [-0.1, -0.05) is 24.3 Å². The first-order valence-corrected chi connectivity index (χ1v) is 4.57. The van der Waals surface area contributed by atoms with Crippen molar-refractivity contribution in [2.45, 2.75) is 26.1 Å². The second-order valence-electron chi connectivity index (χ2n) is 3.68. The minimum absolute atomic E-state index is 0.310. The second-order valence-corrected chi connectivity index (χ2v) is 3.68. The number of hydrogen-bond acceptors (Lipinski definition) is 3. The molecule has 0 aliphatic carbocycles. The molecule has 1 aromatic rings. The van der Waals surface area contributed by atoms with Gasteiger partial charge in [0.05, 0.1) is 12.2 Å². The van der Waals surface area contributed by atoms with Crippen LogP contribution in [0.15, 0.2) is 24.3 Å². The molecule has 0 amide bonds. The van der Waals surface area contributed by atoms with Crippen LogP contribution in [0, 0.1) is 0 Å². The van der Waals surface area contributed by atoms with E-state index >= 15 is 0 Å². The number of nitrogens with two attached hydrogens (primary N) is 1. The molecule has 0 saturated heterocycles. The van der Waals surface area contributed by atoms with Gasteiger partial charge < -0.3 is 4.74 Å². The molecular formula is C11H17NO2. The Morgan fingerprint density at radius 1 is 1.29 bits per heavy atom. The third-order valence-electron chi connectivity index (χ3n) is 2.42. The smallest absolute Gasteiger partial charge is 0.0933 e. The lowest BCUT2D eigenvalue weighted by atomic mass is 9.93. The highest BCUT2D eigenvalue weighted by atomic mass is 16.6. The Morgan fingerprint density at radius 2 is 1.93 bits per heavy atom. The first-order chi connectivity index (χ1) is 6.61. The molecule has 0 fully saturated rings. The first-order valence-electron chi connectivity index (χ1n) is 4.57. The zero-order valence-electron chi connectivity index (χ0n) is 8.91. The lowest BCUT2D eigenvalue weighted by molar-refractivity contribution is 0.0163. The van der Waals surface area contributed by atoms with Crippen LogP contribution in [0.25, 0.3) is 0 Å². The molecule has 14 heavy (non-hydrogen) atoms. The summed E-state index contributed by atoms with van der Waals surface area (Å²) in [4.78, 5) is 4.65. The minimum atomic E-state index is -0.310. The molecule has 0 unspecified atom stereocenters. The standard InChI is InChI=1S/C11H17NO2/c1-11(2,13-3)10-7-5-4-6-9(10)8-14-12/h4-7H,8,12H2,1-3H3. The average Bonchev–Trinajstić information content (AvgIpc) is 2.19. The average molecular weight is 195 g/mol. The van der Waals surface area contributed by atoms with Crippen LogP contribution in [0.1, 0.15) is 25.0 Å². The molecule has 1 rings (SSSR count). The Balaban J connectivity index is 3.06. The fraction of sp³-hybridized carbons (Fsp3) is 0.455. The lowest BCUT2D eigenvalue weighted by Crippen LogP contribution is -2.22. The predicted octanol–water partition coefficient (Wildman–Crippen LogP) is 1.96. The lowest BCUT2D eigenvalue weighted by Gasteiger charge is -2.25. The summed E-state index contributed by atoms with van der Waals surface area (Å²) in [5, 5.41) is 0. The molecule has 3 nitrogen and oxygen atoms in total. The first kappa shape index (κ1) is 11.2. The number of hydrogen-bond donors (Lipinski definition) is 1. The van der Waals surface area contributed by atoms with E-state index in [4.69, 9.17) is 10.6 Å². The molecule has 0 aromatic heterocycles. The molecule has 78 valence electrons. The Morgan fingerprint density at radius 3 is 2.50 bits per heavy atom. The quantitative estimate of drug-likeness (QED) is 0.747. The van der Waals surface area contributed by atoms with Crippen LogP contribution >= 0.6 is 0 Å². The number of rotatable bonds is 4. The summed E-state index contributed by atoms with van der Waals surface area (Å²) in [5.41, 5.74) is 1.85. The summed E-state index contributed by atoms with van der Waals surface area (Å²) in [5.74, 6) is 5.07. The van der Waals surface area contributed by atoms with Crippen molar-refractivity contribution in [1.29, 1.82) is 0 Å². The maximum atomic E-state index is 5.41. The fourth-order valence-electron chi connectivity index (χ4n) is 1.43. The highest BCUT2D eigenvalue weighted by molar-refractivity contribution is 5.31. The Labute approximate surface area is 84.8 Å². The third-order valence-corrected chi connectivity index (χ3v) is 2.42. The molecule has 1 aromatic carbocycles. The van der Waals surface area contributed by atoms with Crippen LogP contribution in [-0.2, 0) is 21.8 Å². The van der Waals surface area contributed by atoms with Gasteiger partial charge in [0.1, 0.15) is 0 Å². The van der Waals surface area contributed by atoms with Crippen molar-refractivity contribution in [2.75, 3.05) is 7.11 Å². The zero-order chi connectivity index (χ0) is 10.6. The van der Waals surface area contributed by atoms with E-state index in [1.807, 2.05) is 38.1 Å². The van der Waals surface area contributed by atoms with Gasteiger partial charge in [-0.05, 0) is 25.0 Å². The van der Waals surface area contributed by atoms with Gasteiger partial charge in [0, 0.05) is 7.11 Å². The molecule has 0 radical (unpaired) electrons. The van der Waals surface area contributed by atoms with Crippen molar-refractivity contribution < 1.29 is 9.57 Å². The van der Waals surface area contributed by atoms with Gasteiger partial charge >= 0.3 is 0 Å². The van der Waals surface area contributed by atoms with Crippen LogP contribution < -0.4 is 5.90 Å². The summed E-state index contributed by atoms with van der Waals surface area (Å²) in [7, 11) is 1.69. The van der Waals surface area contributed by atoms with E-state index in [-0.39, 0.29) is 5.60 Å². The van der Waals surface area contributed by atoms with Crippen LogP contribution in [-0.4, -0.2) is 7.11 Å². The van der Waals surface area contributed by atoms with E-state index in [2.05, 4.69) is 4.84 Å². The van der Waals surface area contributed by atoms with Crippen molar-refractivity contribution in [1.82, 2.24) is 0 Å². The summed E-state index contributed by atoms with van der Waals surface area (Å²) in [6.07, 6.45) is 0. The van der Waals surface area contributed by atoms with Crippen molar-refractivity contribution >= 4 is 0 Å². The molecule has 3 heteroatoms. The van der Waals surface area contributed by atoms with Gasteiger partial charge in [0.15, 0.2) is 0 Å². The fourth-order valence-corrected chi connectivity index (χ4v) is 1.43.